The van der Waals surface area contributed by atoms with Gasteiger partial charge in [-0.15, -0.1) is 0 Å². The van der Waals surface area contributed by atoms with Gasteiger partial charge in [0.05, 0.1) is 11.1 Å². The summed E-state index contributed by atoms with van der Waals surface area (Å²) in [4.78, 5) is 27.0. The van der Waals surface area contributed by atoms with E-state index in [-0.39, 0.29) is 17.3 Å². The average molecular weight is 478 g/mol. The van der Waals surface area contributed by atoms with E-state index in [2.05, 4.69) is 15.5 Å². The largest absolute Gasteiger partial charge is 0.481 e. The number of carbonyl (C=O) groups is 1. The normalized spacial score (nSPS) is 11.1. The number of hydrogen-bond donors (Lipinski definition) is 1. The number of pyridine rings is 1. The zero-order valence-corrected chi connectivity index (χ0v) is 19.1. The summed E-state index contributed by atoms with van der Waals surface area (Å²) in [5, 5.41) is 16.0. The van der Waals surface area contributed by atoms with Gasteiger partial charge < -0.3 is 9.30 Å². The van der Waals surface area contributed by atoms with Crippen LogP contribution in [-0.2, 0) is 4.79 Å². The minimum absolute atomic E-state index is 0.0545. The smallest absolute Gasteiger partial charge is 0.288 e. The second-order valence-corrected chi connectivity index (χ2v) is 7.88. The molecule has 2 heterocycles. The molecule has 0 aliphatic rings. The van der Waals surface area contributed by atoms with E-state index < -0.39 is 10.8 Å². The molecule has 9 nitrogen and oxygen atoms in total. The lowest BCUT2D eigenvalue weighted by Gasteiger charge is -2.10. The van der Waals surface area contributed by atoms with Crippen LogP contribution in [0.15, 0.2) is 65.9 Å². The van der Waals surface area contributed by atoms with Crippen LogP contribution in [0.5, 0.6) is 5.75 Å². The number of ether oxygens (including phenoxy) is 1. The van der Waals surface area contributed by atoms with Gasteiger partial charge in [-0.25, -0.2) is 5.43 Å². The van der Waals surface area contributed by atoms with Crippen molar-refractivity contribution in [3.63, 3.8) is 0 Å². The summed E-state index contributed by atoms with van der Waals surface area (Å²) in [7, 11) is 0. The first-order valence-electron chi connectivity index (χ1n) is 10.3. The molecule has 0 atom stereocenters. The fourth-order valence-corrected chi connectivity index (χ4v) is 3.88. The molecular weight excluding hydrogens is 458 g/mol. The summed E-state index contributed by atoms with van der Waals surface area (Å²) >= 11 is 6.07. The Balaban J connectivity index is 1.43. The van der Waals surface area contributed by atoms with Gasteiger partial charge in [-0.2, -0.15) is 5.10 Å². The Kier molecular flexibility index (Phi) is 6.55. The number of amides is 1. The molecule has 2 aromatic heterocycles. The maximum Gasteiger partial charge on any atom is 0.288 e. The van der Waals surface area contributed by atoms with Crippen molar-refractivity contribution in [2.24, 2.45) is 5.10 Å². The highest BCUT2D eigenvalue weighted by Gasteiger charge is 2.15. The zero-order chi connectivity index (χ0) is 24.2. The Labute approximate surface area is 199 Å². The third kappa shape index (κ3) is 4.74. The molecule has 4 aromatic rings. The fraction of sp³-hybridized carbons (Fsp3) is 0.125. The quantitative estimate of drug-likeness (QED) is 0.235. The van der Waals surface area contributed by atoms with Gasteiger partial charge in [-0.05, 0) is 44.2 Å². The van der Waals surface area contributed by atoms with Crippen molar-refractivity contribution >= 4 is 40.3 Å². The molecule has 0 saturated carbocycles. The Morgan fingerprint density at radius 1 is 1.24 bits per heavy atom. The molecule has 0 unspecified atom stereocenters. The van der Waals surface area contributed by atoms with Crippen LogP contribution in [0, 0.1) is 24.0 Å². The number of nitro groups is 1. The topological polar surface area (TPSA) is 112 Å². The lowest BCUT2D eigenvalue weighted by Crippen LogP contribution is -2.24. The van der Waals surface area contributed by atoms with E-state index >= 15 is 0 Å². The molecule has 0 aliphatic heterocycles. The van der Waals surface area contributed by atoms with Crippen molar-refractivity contribution < 1.29 is 14.5 Å². The first-order chi connectivity index (χ1) is 16.3. The molecule has 10 heteroatoms. The molecule has 4 rings (SSSR count). The first kappa shape index (κ1) is 22.9. The number of rotatable bonds is 7. The van der Waals surface area contributed by atoms with Crippen molar-refractivity contribution in [3.05, 3.63) is 92.9 Å². The van der Waals surface area contributed by atoms with Gasteiger partial charge in [0.25, 0.3) is 11.6 Å². The fourth-order valence-electron chi connectivity index (χ4n) is 3.64. The minimum Gasteiger partial charge on any atom is -0.481 e. The minimum atomic E-state index is -0.525. The third-order valence-electron chi connectivity index (χ3n) is 5.20. The van der Waals surface area contributed by atoms with Gasteiger partial charge in [0.2, 0.25) is 0 Å². The van der Waals surface area contributed by atoms with E-state index in [1.54, 1.807) is 24.4 Å². The van der Waals surface area contributed by atoms with Gasteiger partial charge in [0.15, 0.2) is 6.61 Å². The highest BCUT2D eigenvalue weighted by molar-refractivity contribution is 6.32. The molecule has 0 saturated heterocycles. The Hall–Kier alpha value is -4.24. The number of aryl methyl sites for hydroxylation is 1. The van der Waals surface area contributed by atoms with Crippen molar-refractivity contribution in [3.8, 4) is 11.4 Å². The van der Waals surface area contributed by atoms with E-state index in [0.29, 0.717) is 17.0 Å². The number of halogens is 1. The van der Waals surface area contributed by atoms with Crippen LogP contribution in [0.3, 0.4) is 0 Å². The van der Waals surface area contributed by atoms with Crippen molar-refractivity contribution in [1.29, 1.82) is 0 Å². The monoisotopic (exact) mass is 477 g/mol. The molecule has 0 fully saturated rings. The summed E-state index contributed by atoms with van der Waals surface area (Å²) in [6, 6.07) is 15.7. The van der Waals surface area contributed by atoms with Crippen LogP contribution in [-0.4, -0.2) is 33.2 Å². The Morgan fingerprint density at radius 3 is 2.79 bits per heavy atom. The van der Waals surface area contributed by atoms with Crippen molar-refractivity contribution in [2.75, 3.05) is 6.61 Å². The summed E-state index contributed by atoms with van der Waals surface area (Å²) in [5.74, 6) is 0.0997. The molecule has 34 heavy (non-hydrogen) atoms. The molecule has 1 N–H and O–H groups in total. The zero-order valence-electron chi connectivity index (χ0n) is 18.4. The van der Waals surface area contributed by atoms with E-state index in [9.17, 15) is 14.9 Å². The number of benzene rings is 2. The first-order valence-corrected chi connectivity index (χ1v) is 10.6. The van der Waals surface area contributed by atoms with E-state index in [1.807, 2.05) is 48.7 Å². The number of nitrogens with one attached hydrogen (secondary N) is 1. The van der Waals surface area contributed by atoms with Crippen LogP contribution < -0.4 is 10.2 Å². The van der Waals surface area contributed by atoms with Gasteiger partial charge in [0.1, 0.15) is 16.3 Å². The standard InChI is InChI=1S/C24H20ClN5O4/c1-15-11-18(16(2)29(15)19-8-9-21(30(32)33)20(25)12-19)13-27-28-23(31)14-34-22-7-3-5-17-6-4-10-26-24(17)22/h3-13H,14H2,1-2H3,(H,28,31)/b27-13+. The van der Waals surface area contributed by atoms with Gasteiger partial charge in [-0.3, -0.25) is 19.9 Å². The average Bonchev–Trinajstić information content (AvgIpc) is 3.10. The van der Waals surface area contributed by atoms with Crippen LogP contribution in [0.4, 0.5) is 5.69 Å². The number of aromatic nitrogens is 2. The lowest BCUT2D eigenvalue weighted by molar-refractivity contribution is -0.384. The van der Waals surface area contributed by atoms with Gasteiger partial charge >= 0.3 is 0 Å². The molecule has 0 aliphatic carbocycles. The van der Waals surface area contributed by atoms with Crippen LogP contribution >= 0.6 is 11.6 Å². The Morgan fingerprint density at radius 2 is 2.03 bits per heavy atom. The van der Waals surface area contributed by atoms with Gasteiger partial charge in [-0.1, -0.05) is 29.8 Å². The molecule has 2 aromatic carbocycles. The lowest BCUT2D eigenvalue weighted by atomic mass is 10.2. The number of nitrogens with zero attached hydrogens (tertiary/aromatic N) is 4. The predicted octanol–water partition coefficient (Wildman–Crippen LogP) is 4.73. The maximum absolute atomic E-state index is 12.2. The molecule has 0 spiro atoms. The third-order valence-corrected chi connectivity index (χ3v) is 5.51. The summed E-state index contributed by atoms with van der Waals surface area (Å²) < 4.78 is 7.51. The maximum atomic E-state index is 12.2. The molecule has 0 bridgehead atoms. The molecule has 1 amide bonds. The van der Waals surface area contributed by atoms with Gasteiger partial charge in [0, 0.05) is 40.3 Å². The second kappa shape index (κ2) is 9.72. The summed E-state index contributed by atoms with van der Waals surface area (Å²) in [6.07, 6.45) is 3.20. The molecule has 172 valence electrons. The highest BCUT2D eigenvalue weighted by atomic mass is 35.5. The number of carbonyl (C=O) groups excluding carboxylic acids is 1. The Bertz CT molecular complexity index is 1430. The second-order valence-electron chi connectivity index (χ2n) is 7.47. The summed E-state index contributed by atoms with van der Waals surface area (Å²) in [6.45, 7) is 3.56. The van der Waals surface area contributed by atoms with E-state index in [4.69, 9.17) is 16.3 Å². The van der Waals surface area contributed by atoms with Crippen molar-refractivity contribution in [2.45, 2.75) is 13.8 Å². The van der Waals surface area contributed by atoms with E-state index in [1.165, 1.54) is 12.3 Å². The SMILES string of the molecule is Cc1cc(/C=N/NC(=O)COc2cccc3cccnc23)c(C)n1-c1ccc([N+](=O)[O-])c(Cl)c1. The number of hydrogen-bond acceptors (Lipinski definition) is 6. The number of nitro benzene ring substituents is 1. The number of para-hydroxylation sites is 1. The van der Waals surface area contributed by atoms with E-state index in [0.717, 1.165) is 22.3 Å². The molecular formula is C24H20ClN5O4. The van der Waals surface area contributed by atoms with Crippen LogP contribution in [0.1, 0.15) is 17.0 Å². The van der Waals surface area contributed by atoms with Crippen molar-refractivity contribution in [1.82, 2.24) is 15.0 Å². The van der Waals surface area contributed by atoms with Crippen LogP contribution in [0.25, 0.3) is 16.6 Å². The highest BCUT2D eigenvalue weighted by Crippen LogP contribution is 2.29. The van der Waals surface area contributed by atoms with Crippen LogP contribution in [0.2, 0.25) is 5.02 Å². The predicted molar refractivity (Wildman–Crippen MR) is 130 cm³/mol. The molecule has 0 radical (unpaired) electrons. The number of fused-ring (bicyclic) bond motifs is 1. The number of hydrazone groups is 1. The summed E-state index contributed by atoms with van der Waals surface area (Å²) in [5.41, 5.74) is 6.15.